The van der Waals surface area contributed by atoms with Gasteiger partial charge in [-0.3, -0.25) is 0 Å². The number of rotatable bonds is 7. The number of aryl methyl sites for hydroxylation is 1. The zero-order valence-electron chi connectivity index (χ0n) is 10.4. The van der Waals surface area contributed by atoms with Crippen molar-refractivity contribution in [1.82, 2.24) is 0 Å². The van der Waals surface area contributed by atoms with Crippen LogP contribution in [-0.2, 0) is 6.42 Å². The van der Waals surface area contributed by atoms with Crippen molar-refractivity contribution in [2.75, 3.05) is 5.75 Å². The van der Waals surface area contributed by atoms with E-state index in [4.69, 9.17) is 5.73 Å². The maximum Gasteiger partial charge on any atom is 0.0130 e. The van der Waals surface area contributed by atoms with Gasteiger partial charge < -0.3 is 5.73 Å². The summed E-state index contributed by atoms with van der Waals surface area (Å²) < 4.78 is 0. The first-order chi connectivity index (χ1) is 7.68. The van der Waals surface area contributed by atoms with Crippen LogP contribution < -0.4 is 5.73 Å². The molecule has 0 aliphatic heterocycles. The molecule has 0 aliphatic carbocycles. The summed E-state index contributed by atoms with van der Waals surface area (Å²) in [6.07, 6.45) is 3.49. The molecule has 0 aliphatic rings. The monoisotopic (exact) mass is 237 g/mol. The van der Waals surface area contributed by atoms with Crippen molar-refractivity contribution >= 4 is 11.8 Å². The molecule has 0 saturated heterocycles. The molecule has 1 unspecified atom stereocenters. The number of nitrogens with two attached hydrogens (primary N) is 1. The van der Waals surface area contributed by atoms with Gasteiger partial charge in [-0.1, -0.05) is 44.2 Å². The van der Waals surface area contributed by atoms with Crippen molar-refractivity contribution in [3.05, 3.63) is 35.9 Å². The van der Waals surface area contributed by atoms with E-state index in [1.165, 1.54) is 12.0 Å². The van der Waals surface area contributed by atoms with Gasteiger partial charge in [0.1, 0.15) is 0 Å². The molecule has 0 saturated carbocycles. The maximum atomic E-state index is 6.07. The Hall–Kier alpha value is -0.470. The molecule has 2 heteroatoms. The predicted octanol–water partition coefficient (Wildman–Crippen LogP) is 3.48. The first-order valence-corrected chi connectivity index (χ1v) is 7.14. The lowest BCUT2D eigenvalue weighted by Crippen LogP contribution is -2.23. The van der Waals surface area contributed by atoms with Crippen LogP contribution in [0.3, 0.4) is 0 Å². The first kappa shape index (κ1) is 13.6. The summed E-state index contributed by atoms with van der Waals surface area (Å²) >= 11 is 1.96. The van der Waals surface area contributed by atoms with Gasteiger partial charge in [0.2, 0.25) is 0 Å². The Morgan fingerprint density at radius 3 is 2.50 bits per heavy atom. The normalized spacial score (nSPS) is 13.0. The second-order valence-corrected chi connectivity index (χ2v) is 6.13. The summed E-state index contributed by atoms with van der Waals surface area (Å²) in [6, 6.07) is 11.0. The van der Waals surface area contributed by atoms with Gasteiger partial charge in [0.25, 0.3) is 0 Å². The smallest absolute Gasteiger partial charge is 0.0130 e. The number of hydrogen-bond donors (Lipinski definition) is 1. The Morgan fingerprint density at radius 1 is 1.19 bits per heavy atom. The topological polar surface area (TPSA) is 26.0 Å². The van der Waals surface area contributed by atoms with Gasteiger partial charge in [0.05, 0.1) is 0 Å². The highest BCUT2D eigenvalue weighted by molar-refractivity contribution is 7.99. The summed E-state index contributed by atoms with van der Waals surface area (Å²) in [6.45, 7) is 4.45. The van der Waals surface area contributed by atoms with E-state index in [1.807, 2.05) is 11.8 Å². The summed E-state index contributed by atoms with van der Waals surface area (Å²) in [5.41, 5.74) is 7.49. The minimum Gasteiger partial charge on any atom is -0.327 e. The van der Waals surface area contributed by atoms with Gasteiger partial charge in [0.15, 0.2) is 0 Å². The third-order valence-electron chi connectivity index (χ3n) is 2.53. The van der Waals surface area contributed by atoms with Crippen LogP contribution in [-0.4, -0.2) is 17.0 Å². The van der Waals surface area contributed by atoms with Crippen LogP contribution in [0, 0.1) is 0 Å². The molecule has 0 bridgehead atoms. The Balaban J connectivity index is 2.11. The van der Waals surface area contributed by atoms with Gasteiger partial charge in [0, 0.05) is 11.8 Å². The molecule has 1 aromatic rings. The van der Waals surface area contributed by atoms with Crippen LogP contribution in [0.5, 0.6) is 0 Å². The van der Waals surface area contributed by atoms with Crippen LogP contribution in [0.1, 0.15) is 32.3 Å². The summed E-state index contributed by atoms with van der Waals surface area (Å²) in [5.74, 6) is 1.09. The Labute approximate surface area is 104 Å². The molecule has 16 heavy (non-hydrogen) atoms. The first-order valence-electron chi connectivity index (χ1n) is 6.09. The van der Waals surface area contributed by atoms with Crippen molar-refractivity contribution in [1.29, 1.82) is 0 Å². The fourth-order valence-electron chi connectivity index (χ4n) is 1.61. The molecular formula is C14H23NS. The summed E-state index contributed by atoms with van der Waals surface area (Å²) in [5, 5.41) is 0.695. The molecule has 0 heterocycles. The zero-order chi connectivity index (χ0) is 11.8. The van der Waals surface area contributed by atoms with Crippen molar-refractivity contribution in [2.24, 2.45) is 5.73 Å². The minimum atomic E-state index is 0.358. The average Bonchev–Trinajstić information content (AvgIpc) is 2.28. The van der Waals surface area contributed by atoms with Gasteiger partial charge in [-0.15, -0.1) is 0 Å². The van der Waals surface area contributed by atoms with Crippen molar-refractivity contribution in [3.8, 4) is 0 Å². The molecule has 1 rings (SSSR count). The van der Waals surface area contributed by atoms with E-state index in [1.54, 1.807) is 0 Å². The number of thioether (sulfide) groups is 1. The average molecular weight is 237 g/mol. The third kappa shape index (κ3) is 6.19. The van der Waals surface area contributed by atoms with E-state index in [2.05, 4.69) is 44.2 Å². The molecule has 0 radical (unpaired) electrons. The van der Waals surface area contributed by atoms with Crippen LogP contribution in [0.15, 0.2) is 30.3 Å². The van der Waals surface area contributed by atoms with E-state index in [9.17, 15) is 0 Å². The molecule has 0 aromatic heterocycles. The Kier molecular flexibility index (Phi) is 6.58. The van der Waals surface area contributed by atoms with E-state index >= 15 is 0 Å². The van der Waals surface area contributed by atoms with Crippen LogP contribution in [0.2, 0.25) is 0 Å². The molecular weight excluding hydrogens is 214 g/mol. The van der Waals surface area contributed by atoms with Crippen LogP contribution >= 0.6 is 11.8 Å². The molecule has 1 aromatic carbocycles. The maximum absolute atomic E-state index is 6.07. The Morgan fingerprint density at radius 2 is 1.88 bits per heavy atom. The molecule has 0 amide bonds. The molecule has 90 valence electrons. The van der Waals surface area contributed by atoms with Gasteiger partial charge in [-0.05, 0) is 30.1 Å². The summed E-state index contributed by atoms with van der Waals surface area (Å²) in [7, 11) is 0. The van der Waals surface area contributed by atoms with Crippen LogP contribution in [0.4, 0.5) is 0 Å². The number of hydrogen-bond acceptors (Lipinski definition) is 2. The van der Waals surface area contributed by atoms with Gasteiger partial charge >= 0.3 is 0 Å². The molecule has 0 spiro atoms. The lowest BCUT2D eigenvalue weighted by molar-refractivity contribution is 0.630. The van der Waals surface area contributed by atoms with Crippen molar-refractivity contribution in [2.45, 2.75) is 44.4 Å². The zero-order valence-corrected chi connectivity index (χ0v) is 11.2. The second kappa shape index (κ2) is 7.75. The standard InChI is InChI=1S/C14H23NS/c1-12(2)16-11-14(15)10-6-9-13-7-4-3-5-8-13/h3-5,7-8,12,14H,6,9-11,15H2,1-2H3. The highest BCUT2D eigenvalue weighted by atomic mass is 32.2. The molecule has 1 atom stereocenters. The van der Waals surface area contributed by atoms with Crippen molar-refractivity contribution < 1.29 is 0 Å². The quantitative estimate of drug-likeness (QED) is 0.785. The molecule has 0 fully saturated rings. The fraction of sp³-hybridized carbons (Fsp3) is 0.571. The molecule has 1 nitrogen and oxygen atoms in total. The highest BCUT2D eigenvalue weighted by Gasteiger charge is 2.04. The second-order valence-electron chi connectivity index (χ2n) is 4.52. The number of benzene rings is 1. The van der Waals surface area contributed by atoms with E-state index in [-0.39, 0.29) is 0 Å². The van der Waals surface area contributed by atoms with E-state index in [0.29, 0.717) is 11.3 Å². The van der Waals surface area contributed by atoms with Crippen molar-refractivity contribution in [3.63, 3.8) is 0 Å². The highest BCUT2D eigenvalue weighted by Crippen LogP contribution is 2.13. The fourth-order valence-corrected chi connectivity index (χ4v) is 2.41. The lowest BCUT2D eigenvalue weighted by Gasteiger charge is -2.12. The van der Waals surface area contributed by atoms with Crippen LogP contribution in [0.25, 0.3) is 0 Å². The predicted molar refractivity (Wildman–Crippen MR) is 74.9 cm³/mol. The van der Waals surface area contributed by atoms with E-state index < -0.39 is 0 Å². The van der Waals surface area contributed by atoms with Gasteiger partial charge in [-0.2, -0.15) is 11.8 Å². The third-order valence-corrected chi connectivity index (χ3v) is 3.81. The molecule has 2 N–H and O–H groups in total. The largest absolute Gasteiger partial charge is 0.327 e. The van der Waals surface area contributed by atoms with E-state index in [0.717, 1.165) is 18.6 Å². The van der Waals surface area contributed by atoms with Gasteiger partial charge in [-0.25, -0.2) is 0 Å². The lowest BCUT2D eigenvalue weighted by atomic mass is 10.1. The Bertz CT molecular complexity index is 271. The minimum absolute atomic E-state index is 0.358. The summed E-state index contributed by atoms with van der Waals surface area (Å²) in [4.78, 5) is 0. The SMILES string of the molecule is CC(C)SCC(N)CCCc1ccccc1.